The molecule has 0 bridgehead atoms. The maximum atomic E-state index is 5.94. The Bertz CT molecular complexity index is 743. The van der Waals surface area contributed by atoms with E-state index in [2.05, 4.69) is 20.2 Å². The Balaban J connectivity index is 1.21. The van der Waals surface area contributed by atoms with Gasteiger partial charge in [-0.25, -0.2) is 0 Å². The number of hydrogen-bond acceptors (Lipinski definition) is 5. The van der Waals surface area contributed by atoms with Gasteiger partial charge in [-0.3, -0.25) is 4.68 Å². The molecule has 2 aromatic heterocycles. The smallest absolute Gasteiger partial charge is 0.233 e. The summed E-state index contributed by atoms with van der Waals surface area (Å²) in [6.45, 7) is 6.48. The average molecular weight is 384 g/mol. The lowest BCUT2D eigenvalue weighted by molar-refractivity contribution is 0.117. The van der Waals surface area contributed by atoms with Crippen molar-refractivity contribution in [2.24, 2.45) is 18.9 Å². The molecule has 0 radical (unpaired) electrons. The van der Waals surface area contributed by atoms with Crippen LogP contribution in [0.2, 0.25) is 0 Å². The number of piperidine rings is 1. The Morgan fingerprint density at radius 1 is 1.00 bits per heavy atom. The van der Waals surface area contributed by atoms with Crippen LogP contribution in [0.3, 0.4) is 0 Å². The summed E-state index contributed by atoms with van der Waals surface area (Å²) in [6, 6.07) is 3.89. The topological polar surface area (TPSA) is 56.1 Å². The number of rotatable bonds is 6. The van der Waals surface area contributed by atoms with E-state index >= 15 is 0 Å². The van der Waals surface area contributed by atoms with Crippen molar-refractivity contribution >= 4 is 0 Å². The Labute approximate surface area is 168 Å². The Morgan fingerprint density at radius 3 is 2.43 bits per heavy atom. The fraction of sp³-hybridized carbons (Fsp3) is 0.682. The van der Waals surface area contributed by atoms with Gasteiger partial charge in [-0.2, -0.15) is 5.10 Å². The van der Waals surface area contributed by atoms with E-state index in [-0.39, 0.29) is 0 Å². The third-order valence-electron chi connectivity index (χ3n) is 6.34. The molecule has 6 nitrogen and oxygen atoms in total. The molecule has 0 amide bonds. The second-order valence-electron chi connectivity index (χ2n) is 8.62. The summed E-state index contributed by atoms with van der Waals surface area (Å²) in [5.41, 5.74) is 2.83. The molecule has 0 unspecified atom stereocenters. The van der Waals surface area contributed by atoms with Gasteiger partial charge in [-0.1, -0.05) is 19.3 Å². The minimum absolute atomic E-state index is 0.620. The van der Waals surface area contributed by atoms with Crippen LogP contribution in [0.5, 0.6) is 5.88 Å². The first-order chi connectivity index (χ1) is 13.7. The molecular formula is C22H33N5O. The van der Waals surface area contributed by atoms with Gasteiger partial charge in [0.25, 0.3) is 0 Å². The van der Waals surface area contributed by atoms with Crippen LogP contribution in [0, 0.1) is 18.8 Å². The number of hydrogen-bond donors (Lipinski definition) is 0. The highest BCUT2D eigenvalue weighted by Crippen LogP contribution is 2.27. The third kappa shape index (κ3) is 4.90. The number of nitrogens with zero attached hydrogens (tertiary/aromatic N) is 5. The fourth-order valence-corrected chi connectivity index (χ4v) is 4.67. The monoisotopic (exact) mass is 383 g/mol. The number of aromatic nitrogens is 4. The molecule has 0 atom stereocenters. The predicted octanol–water partition coefficient (Wildman–Crippen LogP) is 3.86. The molecule has 0 aromatic carbocycles. The van der Waals surface area contributed by atoms with Crippen LogP contribution in [0.4, 0.5) is 0 Å². The van der Waals surface area contributed by atoms with Gasteiger partial charge in [-0.15, -0.1) is 10.2 Å². The van der Waals surface area contributed by atoms with E-state index in [1.54, 1.807) is 4.68 Å². The number of likely N-dealkylation sites (tertiary alicyclic amines) is 1. The van der Waals surface area contributed by atoms with Crippen molar-refractivity contribution in [2.75, 3.05) is 26.2 Å². The Hall–Kier alpha value is -1.95. The lowest BCUT2D eigenvalue weighted by Crippen LogP contribution is -2.38. The number of ether oxygens (including phenoxy) is 1. The zero-order valence-corrected chi connectivity index (χ0v) is 17.3. The van der Waals surface area contributed by atoms with Gasteiger partial charge in [0.1, 0.15) is 0 Å². The Morgan fingerprint density at radius 2 is 1.79 bits per heavy atom. The third-order valence-corrected chi connectivity index (χ3v) is 6.34. The normalized spacial score (nSPS) is 19.8. The van der Waals surface area contributed by atoms with E-state index < -0.39 is 0 Å². The average Bonchev–Trinajstić information content (AvgIpc) is 3.07. The molecule has 1 aliphatic carbocycles. The molecule has 152 valence electrons. The van der Waals surface area contributed by atoms with Crippen molar-refractivity contribution in [2.45, 2.75) is 51.9 Å². The molecule has 1 saturated carbocycles. The van der Waals surface area contributed by atoms with Gasteiger partial charge in [0.05, 0.1) is 18.0 Å². The molecule has 3 heterocycles. The fourth-order valence-electron chi connectivity index (χ4n) is 4.67. The van der Waals surface area contributed by atoms with Gasteiger partial charge in [0.2, 0.25) is 5.88 Å². The van der Waals surface area contributed by atoms with Crippen LogP contribution in [0.1, 0.15) is 50.6 Å². The molecule has 4 rings (SSSR count). The molecule has 1 saturated heterocycles. The van der Waals surface area contributed by atoms with Crippen molar-refractivity contribution < 1.29 is 4.74 Å². The van der Waals surface area contributed by atoms with E-state index in [9.17, 15) is 0 Å². The van der Waals surface area contributed by atoms with Crippen molar-refractivity contribution in [1.82, 2.24) is 24.9 Å². The molecule has 0 N–H and O–H groups in total. The predicted molar refractivity (Wildman–Crippen MR) is 110 cm³/mol. The molecule has 28 heavy (non-hydrogen) atoms. The van der Waals surface area contributed by atoms with E-state index in [1.807, 2.05) is 32.3 Å². The maximum absolute atomic E-state index is 5.94. The summed E-state index contributed by atoms with van der Waals surface area (Å²) in [5, 5.41) is 13.0. The zero-order chi connectivity index (χ0) is 19.3. The van der Waals surface area contributed by atoms with E-state index in [4.69, 9.17) is 4.74 Å². The Kier molecular flexibility index (Phi) is 6.25. The second kappa shape index (κ2) is 9.03. The van der Waals surface area contributed by atoms with Crippen LogP contribution >= 0.6 is 0 Å². The van der Waals surface area contributed by atoms with E-state index in [0.717, 1.165) is 29.5 Å². The van der Waals surface area contributed by atoms with Gasteiger partial charge in [-0.05, 0) is 63.6 Å². The van der Waals surface area contributed by atoms with Crippen molar-refractivity contribution in [3.8, 4) is 17.1 Å². The second-order valence-corrected chi connectivity index (χ2v) is 8.62. The minimum Gasteiger partial charge on any atom is -0.476 e. The molecule has 2 aromatic rings. The summed E-state index contributed by atoms with van der Waals surface area (Å²) in [6.07, 6.45) is 11.6. The quantitative estimate of drug-likeness (QED) is 0.758. The van der Waals surface area contributed by atoms with Crippen LogP contribution in [-0.2, 0) is 7.05 Å². The van der Waals surface area contributed by atoms with Crippen LogP contribution in [0.15, 0.2) is 18.3 Å². The summed E-state index contributed by atoms with van der Waals surface area (Å²) in [7, 11) is 1.92. The molecule has 2 aliphatic rings. The minimum atomic E-state index is 0.620. The van der Waals surface area contributed by atoms with Crippen molar-refractivity contribution in [1.29, 1.82) is 0 Å². The maximum Gasteiger partial charge on any atom is 0.233 e. The largest absolute Gasteiger partial charge is 0.476 e. The van der Waals surface area contributed by atoms with Crippen LogP contribution in [-0.4, -0.2) is 51.1 Å². The highest BCUT2D eigenvalue weighted by Gasteiger charge is 2.23. The van der Waals surface area contributed by atoms with Gasteiger partial charge in [0, 0.05) is 31.4 Å². The van der Waals surface area contributed by atoms with E-state index in [0.29, 0.717) is 11.8 Å². The van der Waals surface area contributed by atoms with Crippen LogP contribution in [0.25, 0.3) is 11.3 Å². The zero-order valence-electron chi connectivity index (χ0n) is 17.3. The lowest BCUT2D eigenvalue weighted by atomic mass is 9.88. The lowest BCUT2D eigenvalue weighted by Gasteiger charge is -2.35. The van der Waals surface area contributed by atoms with Gasteiger partial charge >= 0.3 is 0 Å². The first-order valence-electron chi connectivity index (χ1n) is 10.9. The highest BCUT2D eigenvalue weighted by molar-refractivity contribution is 5.60. The summed E-state index contributed by atoms with van der Waals surface area (Å²) >= 11 is 0. The SMILES string of the molecule is Cc1nn(C)cc1-c1ccc(OCC2CCN(CC3CCCCC3)CC2)nn1. The molecular weight excluding hydrogens is 350 g/mol. The first-order valence-corrected chi connectivity index (χ1v) is 10.9. The molecule has 6 heteroatoms. The molecule has 2 fully saturated rings. The van der Waals surface area contributed by atoms with Crippen molar-refractivity contribution in [3.05, 3.63) is 24.0 Å². The summed E-state index contributed by atoms with van der Waals surface area (Å²) in [5.74, 6) is 2.19. The van der Waals surface area contributed by atoms with E-state index in [1.165, 1.54) is 64.6 Å². The summed E-state index contributed by atoms with van der Waals surface area (Å²) in [4.78, 5) is 2.68. The van der Waals surface area contributed by atoms with Crippen molar-refractivity contribution in [3.63, 3.8) is 0 Å². The molecule has 0 spiro atoms. The highest BCUT2D eigenvalue weighted by atomic mass is 16.5. The molecule has 1 aliphatic heterocycles. The number of aryl methyl sites for hydroxylation is 2. The van der Waals surface area contributed by atoms with Gasteiger partial charge in [0.15, 0.2) is 0 Å². The van der Waals surface area contributed by atoms with Gasteiger partial charge < -0.3 is 9.64 Å². The standard InChI is InChI=1S/C22H33N5O/c1-17-20(15-26(2)25-17)21-8-9-22(24-23-21)28-16-19-10-12-27(13-11-19)14-18-6-4-3-5-7-18/h8-9,15,18-19H,3-7,10-14,16H2,1-2H3. The summed E-state index contributed by atoms with van der Waals surface area (Å²) < 4.78 is 7.75. The van der Waals surface area contributed by atoms with Crippen LogP contribution < -0.4 is 4.74 Å². The first kappa shape index (κ1) is 19.4.